The Kier molecular flexibility index (Phi) is 8.25. The van der Waals surface area contributed by atoms with Gasteiger partial charge in [-0.25, -0.2) is 9.59 Å². The van der Waals surface area contributed by atoms with Crippen LogP contribution < -0.4 is 15.5 Å². The maximum Gasteiger partial charge on any atom is 0.328 e. The van der Waals surface area contributed by atoms with Gasteiger partial charge in [0.25, 0.3) is 5.91 Å². The van der Waals surface area contributed by atoms with Crippen LogP contribution in [0, 0.1) is 6.92 Å². The van der Waals surface area contributed by atoms with Gasteiger partial charge in [-0.15, -0.1) is 0 Å². The van der Waals surface area contributed by atoms with Crippen LogP contribution in [0.4, 0.5) is 10.5 Å². The van der Waals surface area contributed by atoms with E-state index in [0.29, 0.717) is 54.7 Å². The maximum atomic E-state index is 13.4. The minimum absolute atomic E-state index is 0.0694. The monoisotopic (exact) mass is 585 g/mol. The first-order valence-corrected chi connectivity index (χ1v) is 13.4. The van der Waals surface area contributed by atoms with Crippen LogP contribution in [0.25, 0.3) is 0 Å². The Bertz CT molecular complexity index is 1200. The lowest BCUT2D eigenvalue weighted by molar-refractivity contribution is -0.139. The number of likely N-dealkylation sites (tertiary alicyclic amines) is 1. The Morgan fingerprint density at radius 2 is 1.76 bits per heavy atom. The highest BCUT2D eigenvalue weighted by atomic mass is 79.9. The van der Waals surface area contributed by atoms with E-state index in [-0.39, 0.29) is 12.5 Å². The SMILES string of the molecule is CCN1CN(c2ccccc2)C2(CCN(C(=O)NCC(NC(=O)c3c(C)cccc3Br)C(=O)O)CC2)C1=O. The van der Waals surface area contributed by atoms with E-state index in [1.165, 1.54) is 0 Å². The summed E-state index contributed by atoms with van der Waals surface area (Å²) in [5, 5.41) is 14.8. The van der Waals surface area contributed by atoms with Crippen LogP contribution in [0.15, 0.2) is 53.0 Å². The number of aryl methyl sites for hydroxylation is 1. The zero-order valence-electron chi connectivity index (χ0n) is 21.4. The van der Waals surface area contributed by atoms with Gasteiger partial charge >= 0.3 is 12.0 Å². The Balaban J connectivity index is 1.38. The highest BCUT2D eigenvalue weighted by Gasteiger charge is 2.53. The Hall–Kier alpha value is -3.60. The van der Waals surface area contributed by atoms with Gasteiger partial charge in [0.2, 0.25) is 5.91 Å². The summed E-state index contributed by atoms with van der Waals surface area (Å²) < 4.78 is 0.554. The number of carboxylic acids is 1. The lowest BCUT2D eigenvalue weighted by Crippen LogP contribution is -2.59. The average molecular weight is 586 g/mol. The predicted molar refractivity (Wildman–Crippen MR) is 146 cm³/mol. The zero-order valence-corrected chi connectivity index (χ0v) is 23.0. The summed E-state index contributed by atoms with van der Waals surface area (Å²) in [7, 11) is 0. The van der Waals surface area contributed by atoms with E-state index in [0.717, 1.165) is 5.69 Å². The van der Waals surface area contributed by atoms with Crippen molar-refractivity contribution >= 4 is 45.4 Å². The van der Waals surface area contributed by atoms with Gasteiger partial charge in [0.05, 0.1) is 18.8 Å². The number of rotatable bonds is 7. The number of piperidine rings is 1. The first kappa shape index (κ1) is 27.4. The van der Waals surface area contributed by atoms with E-state index in [4.69, 9.17) is 0 Å². The third kappa shape index (κ3) is 5.33. The number of halogens is 1. The Morgan fingerprint density at radius 3 is 2.37 bits per heavy atom. The fraction of sp³-hybridized carbons (Fsp3) is 0.407. The summed E-state index contributed by atoms with van der Waals surface area (Å²) in [4.78, 5) is 56.5. The van der Waals surface area contributed by atoms with E-state index < -0.39 is 29.5 Å². The van der Waals surface area contributed by atoms with Crippen molar-refractivity contribution < 1.29 is 24.3 Å². The number of likely N-dealkylation sites (N-methyl/N-ethyl adjacent to an activating group) is 1. The number of anilines is 1. The van der Waals surface area contributed by atoms with Crippen LogP contribution >= 0.6 is 15.9 Å². The lowest BCUT2D eigenvalue weighted by Gasteiger charge is -2.43. The summed E-state index contributed by atoms with van der Waals surface area (Å²) in [6.07, 6.45) is 0.927. The molecule has 2 saturated heterocycles. The molecule has 2 aromatic rings. The second-order valence-electron chi connectivity index (χ2n) is 9.57. The molecule has 0 saturated carbocycles. The van der Waals surface area contributed by atoms with E-state index in [2.05, 4.69) is 31.5 Å². The molecule has 0 aromatic heterocycles. The van der Waals surface area contributed by atoms with E-state index >= 15 is 0 Å². The third-order valence-electron chi connectivity index (χ3n) is 7.35. The molecule has 1 atom stereocenters. The molecule has 0 bridgehead atoms. The zero-order chi connectivity index (χ0) is 27.4. The number of aliphatic carboxylic acids is 1. The summed E-state index contributed by atoms with van der Waals surface area (Å²) >= 11 is 3.33. The molecule has 2 aliphatic rings. The fourth-order valence-electron chi connectivity index (χ4n) is 5.18. The molecule has 2 fully saturated rings. The molecule has 1 unspecified atom stereocenters. The summed E-state index contributed by atoms with van der Waals surface area (Å²) in [5.74, 6) is -1.73. The average Bonchev–Trinajstić information content (AvgIpc) is 3.17. The largest absolute Gasteiger partial charge is 0.480 e. The van der Waals surface area contributed by atoms with Gasteiger partial charge in [0, 0.05) is 29.8 Å². The van der Waals surface area contributed by atoms with Crippen LogP contribution in [0.2, 0.25) is 0 Å². The maximum absolute atomic E-state index is 13.4. The van der Waals surface area contributed by atoms with E-state index in [9.17, 15) is 24.3 Å². The van der Waals surface area contributed by atoms with Gasteiger partial charge in [0.1, 0.15) is 11.6 Å². The first-order chi connectivity index (χ1) is 18.2. The molecule has 1 spiro atoms. The van der Waals surface area contributed by atoms with Crippen LogP contribution in [-0.2, 0) is 9.59 Å². The van der Waals surface area contributed by atoms with Gasteiger partial charge in [-0.3, -0.25) is 9.59 Å². The summed E-state index contributed by atoms with van der Waals surface area (Å²) in [6.45, 7) is 5.24. The number of urea groups is 1. The lowest BCUT2D eigenvalue weighted by atomic mass is 9.85. The van der Waals surface area contributed by atoms with Crippen LogP contribution in [0.3, 0.4) is 0 Å². The van der Waals surface area contributed by atoms with Crippen molar-refractivity contribution in [2.45, 2.75) is 38.3 Å². The molecule has 4 rings (SSSR count). The van der Waals surface area contributed by atoms with Gasteiger partial charge in [-0.05, 0) is 66.4 Å². The van der Waals surface area contributed by atoms with Gasteiger partial charge < -0.3 is 30.4 Å². The molecule has 2 aliphatic heterocycles. The number of amides is 4. The smallest absolute Gasteiger partial charge is 0.328 e. The number of carbonyl (C=O) groups excluding carboxylic acids is 3. The second-order valence-corrected chi connectivity index (χ2v) is 10.4. The van der Waals surface area contributed by atoms with Gasteiger partial charge in [-0.1, -0.05) is 30.3 Å². The fourth-order valence-corrected chi connectivity index (χ4v) is 5.82. The minimum atomic E-state index is -1.31. The van der Waals surface area contributed by atoms with Crippen molar-refractivity contribution in [2.24, 2.45) is 0 Å². The van der Waals surface area contributed by atoms with Crippen molar-refractivity contribution in [3.05, 3.63) is 64.1 Å². The molecule has 11 heteroatoms. The van der Waals surface area contributed by atoms with Crippen molar-refractivity contribution in [1.82, 2.24) is 20.4 Å². The number of nitrogens with one attached hydrogen (secondary N) is 2. The number of carbonyl (C=O) groups is 4. The number of nitrogens with zero attached hydrogens (tertiary/aromatic N) is 3. The summed E-state index contributed by atoms with van der Waals surface area (Å²) in [5.41, 5.74) is 1.29. The molecular formula is C27H32BrN5O5. The van der Waals surface area contributed by atoms with E-state index in [1.807, 2.05) is 42.2 Å². The van der Waals surface area contributed by atoms with E-state index in [1.54, 1.807) is 30.0 Å². The third-order valence-corrected chi connectivity index (χ3v) is 8.01. The van der Waals surface area contributed by atoms with Crippen molar-refractivity contribution in [1.29, 1.82) is 0 Å². The van der Waals surface area contributed by atoms with Crippen molar-refractivity contribution in [3.8, 4) is 0 Å². The van der Waals surface area contributed by atoms with Crippen molar-refractivity contribution in [3.63, 3.8) is 0 Å². The number of hydrogen-bond acceptors (Lipinski definition) is 5. The Labute approximate surface area is 230 Å². The highest BCUT2D eigenvalue weighted by molar-refractivity contribution is 9.10. The normalized spacial score (nSPS) is 17.4. The van der Waals surface area contributed by atoms with Crippen LogP contribution in [-0.4, -0.2) is 83.1 Å². The van der Waals surface area contributed by atoms with Crippen LogP contribution in [0.5, 0.6) is 0 Å². The number of benzene rings is 2. The molecule has 2 heterocycles. The molecule has 2 aromatic carbocycles. The number of hydrogen-bond donors (Lipinski definition) is 3. The molecule has 3 N–H and O–H groups in total. The standard InChI is InChI=1S/C27H32BrN5O5/c1-3-31-17-33(19-9-5-4-6-10-19)27(25(31)37)12-14-32(15-13-27)26(38)29-16-21(24(35)36)30-23(34)22-18(2)8-7-11-20(22)28/h4-11,21H,3,12-17H2,1-2H3,(H,29,38)(H,30,34)(H,35,36). The molecule has 0 radical (unpaired) electrons. The highest BCUT2D eigenvalue weighted by Crippen LogP contribution is 2.39. The Morgan fingerprint density at radius 1 is 1.08 bits per heavy atom. The molecule has 38 heavy (non-hydrogen) atoms. The van der Waals surface area contributed by atoms with Gasteiger partial charge in [0.15, 0.2) is 0 Å². The quantitative estimate of drug-likeness (QED) is 0.459. The van der Waals surface area contributed by atoms with Crippen molar-refractivity contribution in [2.75, 3.05) is 37.7 Å². The molecular weight excluding hydrogens is 554 g/mol. The topological polar surface area (TPSA) is 122 Å². The molecule has 0 aliphatic carbocycles. The molecule has 202 valence electrons. The first-order valence-electron chi connectivity index (χ1n) is 12.6. The molecule has 10 nitrogen and oxygen atoms in total. The predicted octanol–water partition coefficient (Wildman–Crippen LogP) is 2.81. The number of para-hydroxylation sites is 1. The van der Waals surface area contributed by atoms with Crippen LogP contribution in [0.1, 0.15) is 35.7 Å². The number of carboxylic acid groups (broad SMARTS) is 1. The second kappa shape index (κ2) is 11.4. The minimum Gasteiger partial charge on any atom is -0.480 e. The summed E-state index contributed by atoms with van der Waals surface area (Å²) in [6, 6.07) is 13.3. The van der Waals surface area contributed by atoms with Gasteiger partial charge in [-0.2, -0.15) is 0 Å². The molecule has 4 amide bonds.